The fraction of sp³-hybridized carbons (Fsp3) is 0.462. The summed E-state index contributed by atoms with van der Waals surface area (Å²) in [6, 6.07) is 5.31. The van der Waals surface area contributed by atoms with Gasteiger partial charge in [0.2, 0.25) is 0 Å². The molecule has 0 saturated carbocycles. The fourth-order valence-electron chi connectivity index (χ4n) is 1.37. The second-order valence-corrected chi connectivity index (χ2v) is 4.69. The SMILES string of the molecule is COCCNC(=O)C(C)Oc1ccc(OC)cc1Br. The van der Waals surface area contributed by atoms with Gasteiger partial charge in [-0.15, -0.1) is 0 Å². The van der Waals surface area contributed by atoms with Crippen LogP contribution in [0.1, 0.15) is 6.92 Å². The molecule has 0 spiro atoms. The van der Waals surface area contributed by atoms with Gasteiger partial charge in [0.05, 0.1) is 18.2 Å². The van der Waals surface area contributed by atoms with Crippen molar-refractivity contribution in [2.45, 2.75) is 13.0 Å². The van der Waals surface area contributed by atoms with E-state index in [-0.39, 0.29) is 5.91 Å². The Morgan fingerprint density at radius 1 is 1.42 bits per heavy atom. The number of methoxy groups -OCH3 is 2. The van der Waals surface area contributed by atoms with Crippen LogP contribution in [0.3, 0.4) is 0 Å². The molecule has 1 amide bonds. The molecule has 0 saturated heterocycles. The molecule has 0 aliphatic rings. The molecule has 1 rings (SSSR count). The third kappa shape index (κ3) is 5.08. The van der Waals surface area contributed by atoms with E-state index in [1.807, 2.05) is 0 Å². The van der Waals surface area contributed by atoms with E-state index in [1.54, 1.807) is 39.3 Å². The lowest BCUT2D eigenvalue weighted by atomic mass is 10.3. The number of rotatable bonds is 7. The molecule has 0 aliphatic carbocycles. The highest BCUT2D eigenvalue weighted by atomic mass is 79.9. The molecule has 0 radical (unpaired) electrons. The fourth-order valence-corrected chi connectivity index (χ4v) is 1.82. The van der Waals surface area contributed by atoms with E-state index in [9.17, 15) is 4.79 Å². The number of nitrogens with one attached hydrogen (secondary N) is 1. The molecule has 0 fully saturated rings. The highest BCUT2D eigenvalue weighted by molar-refractivity contribution is 9.10. The van der Waals surface area contributed by atoms with Gasteiger partial charge in [-0.1, -0.05) is 0 Å². The highest BCUT2D eigenvalue weighted by Gasteiger charge is 2.15. The van der Waals surface area contributed by atoms with Gasteiger partial charge >= 0.3 is 0 Å². The third-order valence-electron chi connectivity index (χ3n) is 2.42. The summed E-state index contributed by atoms with van der Waals surface area (Å²) in [4.78, 5) is 11.7. The lowest BCUT2D eigenvalue weighted by Crippen LogP contribution is -2.37. The number of ether oxygens (including phenoxy) is 3. The summed E-state index contributed by atoms with van der Waals surface area (Å²) < 4.78 is 16.3. The van der Waals surface area contributed by atoms with Gasteiger partial charge in [0, 0.05) is 13.7 Å². The molecule has 1 atom stereocenters. The van der Waals surface area contributed by atoms with E-state index in [1.165, 1.54) is 0 Å². The van der Waals surface area contributed by atoms with Crippen LogP contribution in [0.25, 0.3) is 0 Å². The summed E-state index contributed by atoms with van der Waals surface area (Å²) >= 11 is 3.37. The van der Waals surface area contributed by atoms with E-state index >= 15 is 0 Å². The molecule has 19 heavy (non-hydrogen) atoms. The van der Waals surface area contributed by atoms with Crippen molar-refractivity contribution in [2.75, 3.05) is 27.4 Å². The minimum absolute atomic E-state index is 0.181. The van der Waals surface area contributed by atoms with Gasteiger partial charge in [-0.05, 0) is 41.1 Å². The Balaban J connectivity index is 2.56. The minimum Gasteiger partial charge on any atom is -0.497 e. The number of carbonyl (C=O) groups excluding carboxylic acids is 1. The molecular weight excluding hydrogens is 314 g/mol. The molecule has 6 heteroatoms. The number of amides is 1. The Kier molecular flexibility index (Phi) is 6.66. The molecule has 1 N–H and O–H groups in total. The number of halogens is 1. The Morgan fingerprint density at radius 3 is 2.74 bits per heavy atom. The average molecular weight is 332 g/mol. The molecule has 1 aromatic carbocycles. The van der Waals surface area contributed by atoms with Crippen molar-refractivity contribution in [3.63, 3.8) is 0 Å². The van der Waals surface area contributed by atoms with Crippen LogP contribution in [-0.4, -0.2) is 39.4 Å². The normalized spacial score (nSPS) is 11.8. The second kappa shape index (κ2) is 8.01. The molecular formula is C13H18BrNO4. The van der Waals surface area contributed by atoms with E-state index in [4.69, 9.17) is 14.2 Å². The zero-order chi connectivity index (χ0) is 14.3. The molecule has 5 nitrogen and oxygen atoms in total. The van der Waals surface area contributed by atoms with Crippen molar-refractivity contribution in [3.8, 4) is 11.5 Å². The summed E-state index contributed by atoms with van der Waals surface area (Å²) in [5.41, 5.74) is 0. The Morgan fingerprint density at radius 2 is 2.16 bits per heavy atom. The maximum absolute atomic E-state index is 11.7. The predicted octanol–water partition coefficient (Wildman–Crippen LogP) is 1.99. The van der Waals surface area contributed by atoms with Crippen LogP contribution in [0.4, 0.5) is 0 Å². The molecule has 0 bridgehead atoms. The van der Waals surface area contributed by atoms with Gasteiger partial charge < -0.3 is 19.5 Å². The molecule has 0 aliphatic heterocycles. The minimum atomic E-state index is -0.582. The first-order valence-corrected chi connectivity index (χ1v) is 6.64. The molecule has 1 aromatic rings. The number of hydrogen-bond donors (Lipinski definition) is 1. The summed E-state index contributed by atoms with van der Waals surface area (Å²) in [7, 11) is 3.18. The number of carbonyl (C=O) groups is 1. The van der Waals surface area contributed by atoms with Crippen molar-refractivity contribution in [3.05, 3.63) is 22.7 Å². The second-order valence-electron chi connectivity index (χ2n) is 3.84. The van der Waals surface area contributed by atoms with E-state index in [0.29, 0.717) is 18.9 Å². The smallest absolute Gasteiger partial charge is 0.260 e. The summed E-state index contributed by atoms with van der Waals surface area (Å²) in [5.74, 6) is 1.13. The maximum Gasteiger partial charge on any atom is 0.260 e. The molecule has 106 valence electrons. The van der Waals surface area contributed by atoms with Crippen LogP contribution in [0.5, 0.6) is 11.5 Å². The summed E-state index contributed by atoms with van der Waals surface area (Å²) in [6.45, 7) is 2.64. The van der Waals surface area contributed by atoms with Gasteiger partial charge in [0.15, 0.2) is 6.10 Å². The molecule has 1 unspecified atom stereocenters. The van der Waals surface area contributed by atoms with E-state index in [0.717, 1.165) is 10.2 Å². The predicted molar refractivity (Wildman–Crippen MR) is 75.7 cm³/mol. The topological polar surface area (TPSA) is 56.8 Å². The first kappa shape index (κ1) is 15.8. The van der Waals surface area contributed by atoms with Crippen molar-refractivity contribution < 1.29 is 19.0 Å². The lowest BCUT2D eigenvalue weighted by Gasteiger charge is -2.16. The quantitative estimate of drug-likeness (QED) is 0.776. The standard InChI is InChI=1S/C13H18BrNO4/c1-9(13(16)15-6-7-17-2)19-12-5-4-10(18-3)8-11(12)14/h4-5,8-9H,6-7H2,1-3H3,(H,15,16). The zero-order valence-corrected chi connectivity index (χ0v) is 12.8. The highest BCUT2D eigenvalue weighted by Crippen LogP contribution is 2.29. The van der Waals surface area contributed by atoms with Gasteiger partial charge in [-0.25, -0.2) is 0 Å². The van der Waals surface area contributed by atoms with Crippen molar-refractivity contribution >= 4 is 21.8 Å². The van der Waals surface area contributed by atoms with Crippen LogP contribution < -0.4 is 14.8 Å². The number of hydrogen-bond acceptors (Lipinski definition) is 4. The van der Waals surface area contributed by atoms with Crippen LogP contribution in [0, 0.1) is 0 Å². The Bertz CT molecular complexity index is 425. The summed E-state index contributed by atoms with van der Waals surface area (Å²) in [6.07, 6.45) is -0.582. The van der Waals surface area contributed by atoms with E-state index < -0.39 is 6.10 Å². The van der Waals surface area contributed by atoms with Crippen molar-refractivity contribution in [2.24, 2.45) is 0 Å². The van der Waals surface area contributed by atoms with Gasteiger partial charge in [0.25, 0.3) is 5.91 Å². The van der Waals surface area contributed by atoms with E-state index in [2.05, 4.69) is 21.2 Å². The monoisotopic (exact) mass is 331 g/mol. The maximum atomic E-state index is 11.7. The molecule has 0 aromatic heterocycles. The largest absolute Gasteiger partial charge is 0.497 e. The van der Waals surface area contributed by atoms with Crippen LogP contribution in [0.2, 0.25) is 0 Å². The van der Waals surface area contributed by atoms with Crippen molar-refractivity contribution in [1.29, 1.82) is 0 Å². The Hall–Kier alpha value is -1.27. The van der Waals surface area contributed by atoms with Gasteiger partial charge in [-0.2, -0.15) is 0 Å². The average Bonchev–Trinajstić information content (AvgIpc) is 2.41. The van der Waals surface area contributed by atoms with Gasteiger partial charge in [0.1, 0.15) is 11.5 Å². The van der Waals surface area contributed by atoms with Gasteiger partial charge in [-0.3, -0.25) is 4.79 Å². The third-order valence-corrected chi connectivity index (χ3v) is 3.04. The first-order chi connectivity index (χ1) is 9.08. The van der Waals surface area contributed by atoms with Crippen LogP contribution >= 0.6 is 15.9 Å². The Labute approximate surface area is 121 Å². The summed E-state index contributed by atoms with van der Waals surface area (Å²) in [5, 5.41) is 2.72. The van der Waals surface area contributed by atoms with Crippen molar-refractivity contribution in [1.82, 2.24) is 5.32 Å². The zero-order valence-electron chi connectivity index (χ0n) is 11.2. The number of benzene rings is 1. The first-order valence-electron chi connectivity index (χ1n) is 5.85. The van der Waals surface area contributed by atoms with Crippen LogP contribution in [-0.2, 0) is 9.53 Å². The lowest BCUT2D eigenvalue weighted by molar-refractivity contribution is -0.127. The van der Waals surface area contributed by atoms with Crippen LogP contribution in [0.15, 0.2) is 22.7 Å². The molecule has 0 heterocycles.